The standard InChI is InChI=1S/C16H18N2O4/c1-16(2,20)15-11(5-4-6-17-15)10-22-13-8-18-14(21-3)7-12(13)9-19/h4-9,20H,10H2,1-3H3. The van der Waals surface area contributed by atoms with Crippen LogP contribution in [0, 0.1) is 0 Å². The number of ether oxygens (including phenoxy) is 2. The Morgan fingerprint density at radius 1 is 1.36 bits per heavy atom. The Morgan fingerprint density at radius 3 is 2.77 bits per heavy atom. The van der Waals surface area contributed by atoms with E-state index in [0.29, 0.717) is 29.2 Å². The maximum atomic E-state index is 11.1. The van der Waals surface area contributed by atoms with Crippen molar-refractivity contribution in [1.29, 1.82) is 0 Å². The van der Waals surface area contributed by atoms with Crippen LogP contribution in [0.15, 0.2) is 30.6 Å². The summed E-state index contributed by atoms with van der Waals surface area (Å²) < 4.78 is 10.6. The molecule has 1 N–H and O–H groups in total. The number of aromatic nitrogens is 2. The Kier molecular flexibility index (Phi) is 4.72. The summed E-state index contributed by atoms with van der Waals surface area (Å²) in [4.78, 5) is 19.3. The van der Waals surface area contributed by atoms with Gasteiger partial charge >= 0.3 is 0 Å². The number of carbonyl (C=O) groups is 1. The summed E-state index contributed by atoms with van der Waals surface area (Å²) in [6, 6.07) is 5.08. The van der Waals surface area contributed by atoms with Crippen LogP contribution in [0.4, 0.5) is 0 Å². The predicted molar refractivity (Wildman–Crippen MR) is 80.0 cm³/mol. The van der Waals surface area contributed by atoms with Gasteiger partial charge in [0.25, 0.3) is 0 Å². The second kappa shape index (κ2) is 6.53. The number of rotatable bonds is 6. The average Bonchev–Trinajstić information content (AvgIpc) is 2.52. The summed E-state index contributed by atoms with van der Waals surface area (Å²) in [6.07, 6.45) is 3.73. The summed E-state index contributed by atoms with van der Waals surface area (Å²) >= 11 is 0. The molecule has 2 aromatic rings. The molecule has 0 unspecified atom stereocenters. The van der Waals surface area contributed by atoms with Crippen molar-refractivity contribution in [2.24, 2.45) is 0 Å². The molecule has 6 heteroatoms. The van der Waals surface area contributed by atoms with Crippen LogP contribution in [0.5, 0.6) is 11.6 Å². The van der Waals surface area contributed by atoms with Gasteiger partial charge in [-0.3, -0.25) is 9.78 Å². The van der Waals surface area contributed by atoms with Crippen LogP contribution < -0.4 is 9.47 Å². The van der Waals surface area contributed by atoms with E-state index in [2.05, 4.69) is 9.97 Å². The zero-order valence-corrected chi connectivity index (χ0v) is 12.7. The van der Waals surface area contributed by atoms with E-state index in [0.717, 1.165) is 5.56 Å². The third-order valence-electron chi connectivity index (χ3n) is 3.06. The average molecular weight is 302 g/mol. The molecule has 0 aromatic carbocycles. The lowest BCUT2D eigenvalue weighted by molar-refractivity contribution is 0.0714. The summed E-state index contributed by atoms with van der Waals surface area (Å²) in [6.45, 7) is 3.48. The first-order valence-electron chi connectivity index (χ1n) is 6.74. The highest BCUT2D eigenvalue weighted by Crippen LogP contribution is 2.24. The van der Waals surface area contributed by atoms with E-state index in [9.17, 15) is 9.90 Å². The summed E-state index contributed by atoms with van der Waals surface area (Å²) in [7, 11) is 1.47. The first-order valence-corrected chi connectivity index (χ1v) is 6.74. The molecule has 0 fully saturated rings. The van der Waals surface area contributed by atoms with Gasteiger partial charge in [0.2, 0.25) is 5.88 Å². The van der Waals surface area contributed by atoms with E-state index >= 15 is 0 Å². The number of pyridine rings is 2. The molecule has 0 saturated heterocycles. The first kappa shape index (κ1) is 15.9. The van der Waals surface area contributed by atoms with Crippen LogP contribution in [0.3, 0.4) is 0 Å². The molecule has 0 spiro atoms. The van der Waals surface area contributed by atoms with Crippen molar-refractivity contribution in [3.63, 3.8) is 0 Å². The maximum absolute atomic E-state index is 11.1. The molecule has 0 aliphatic carbocycles. The number of hydrogen-bond donors (Lipinski definition) is 1. The molecule has 2 heterocycles. The molecular weight excluding hydrogens is 284 g/mol. The molecule has 0 radical (unpaired) electrons. The van der Waals surface area contributed by atoms with Crippen molar-refractivity contribution in [3.05, 3.63) is 47.4 Å². The van der Waals surface area contributed by atoms with Crippen molar-refractivity contribution in [2.75, 3.05) is 7.11 Å². The van der Waals surface area contributed by atoms with E-state index in [1.807, 2.05) is 6.07 Å². The first-order chi connectivity index (χ1) is 10.5. The molecule has 2 rings (SSSR count). The largest absolute Gasteiger partial charge is 0.486 e. The van der Waals surface area contributed by atoms with Gasteiger partial charge in [-0.05, 0) is 19.9 Å². The minimum Gasteiger partial charge on any atom is -0.486 e. The normalized spacial score (nSPS) is 11.1. The second-order valence-corrected chi connectivity index (χ2v) is 5.24. The molecular formula is C16H18N2O4. The Balaban J connectivity index is 2.23. The minimum absolute atomic E-state index is 0.169. The predicted octanol–water partition coefficient (Wildman–Crippen LogP) is 2.10. The number of aldehydes is 1. The minimum atomic E-state index is -1.08. The summed E-state index contributed by atoms with van der Waals surface area (Å²) in [5.74, 6) is 0.689. The van der Waals surface area contributed by atoms with Gasteiger partial charge in [0.05, 0.1) is 24.6 Å². The third kappa shape index (κ3) is 3.59. The fraction of sp³-hybridized carbons (Fsp3) is 0.312. The van der Waals surface area contributed by atoms with Crippen molar-refractivity contribution in [3.8, 4) is 11.6 Å². The lowest BCUT2D eigenvalue weighted by Gasteiger charge is -2.20. The number of methoxy groups -OCH3 is 1. The number of hydrogen-bond acceptors (Lipinski definition) is 6. The summed E-state index contributed by atoms with van der Waals surface area (Å²) in [5, 5.41) is 10.1. The van der Waals surface area contributed by atoms with Gasteiger partial charge in [0.1, 0.15) is 18.0 Å². The SMILES string of the molecule is COc1cc(C=O)c(OCc2cccnc2C(C)(C)O)cn1. The van der Waals surface area contributed by atoms with Crippen LogP contribution in [-0.4, -0.2) is 28.5 Å². The van der Waals surface area contributed by atoms with Crippen molar-refractivity contribution >= 4 is 6.29 Å². The van der Waals surface area contributed by atoms with Gasteiger partial charge in [0, 0.05) is 17.8 Å². The zero-order chi connectivity index (χ0) is 16.2. The summed E-state index contributed by atoms with van der Waals surface area (Å²) in [5.41, 5.74) is 0.540. The molecule has 0 atom stereocenters. The zero-order valence-electron chi connectivity index (χ0n) is 12.7. The van der Waals surface area contributed by atoms with E-state index < -0.39 is 5.60 Å². The Morgan fingerprint density at radius 2 is 2.14 bits per heavy atom. The van der Waals surface area contributed by atoms with Gasteiger partial charge in [-0.2, -0.15) is 0 Å². The molecule has 0 amide bonds. The van der Waals surface area contributed by atoms with Crippen LogP contribution in [0.1, 0.15) is 35.5 Å². The lowest BCUT2D eigenvalue weighted by atomic mass is 10.00. The van der Waals surface area contributed by atoms with E-state index in [4.69, 9.17) is 9.47 Å². The third-order valence-corrected chi connectivity index (χ3v) is 3.06. The highest BCUT2D eigenvalue weighted by molar-refractivity contribution is 5.79. The van der Waals surface area contributed by atoms with Gasteiger partial charge in [-0.25, -0.2) is 4.98 Å². The molecule has 116 valence electrons. The Labute approximate surface area is 128 Å². The van der Waals surface area contributed by atoms with Crippen LogP contribution in [-0.2, 0) is 12.2 Å². The Bertz CT molecular complexity index is 665. The fourth-order valence-corrected chi connectivity index (χ4v) is 2.02. The lowest BCUT2D eigenvalue weighted by Crippen LogP contribution is -2.20. The van der Waals surface area contributed by atoms with Crippen molar-refractivity contribution in [2.45, 2.75) is 26.1 Å². The highest BCUT2D eigenvalue weighted by atomic mass is 16.5. The maximum Gasteiger partial charge on any atom is 0.213 e. The van der Waals surface area contributed by atoms with Crippen molar-refractivity contribution in [1.82, 2.24) is 9.97 Å². The van der Waals surface area contributed by atoms with Gasteiger partial charge < -0.3 is 14.6 Å². The molecule has 0 saturated carbocycles. The van der Waals surface area contributed by atoms with Gasteiger partial charge in [0.15, 0.2) is 6.29 Å². The van der Waals surface area contributed by atoms with Crippen LogP contribution >= 0.6 is 0 Å². The topological polar surface area (TPSA) is 81.5 Å². The molecule has 0 bridgehead atoms. The smallest absolute Gasteiger partial charge is 0.213 e. The Hall–Kier alpha value is -2.47. The molecule has 0 aliphatic heterocycles. The second-order valence-electron chi connectivity index (χ2n) is 5.24. The quantitative estimate of drug-likeness (QED) is 0.823. The fourth-order valence-electron chi connectivity index (χ4n) is 2.02. The van der Waals surface area contributed by atoms with Gasteiger partial charge in [-0.1, -0.05) is 6.07 Å². The molecule has 6 nitrogen and oxygen atoms in total. The number of nitrogens with zero attached hydrogens (tertiary/aromatic N) is 2. The highest BCUT2D eigenvalue weighted by Gasteiger charge is 2.21. The number of carbonyl (C=O) groups excluding carboxylic acids is 1. The number of aliphatic hydroxyl groups is 1. The van der Waals surface area contributed by atoms with E-state index in [1.165, 1.54) is 19.4 Å². The van der Waals surface area contributed by atoms with Crippen LogP contribution in [0.25, 0.3) is 0 Å². The monoisotopic (exact) mass is 302 g/mol. The molecule has 0 aliphatic rings. The van der Waals surface area contributed by atoms with Crippen LogP contribution in [0.2, 0.25) is 0 Å². The molecule has 2 aromatic heterocycles. The van der Waals surface area contributed by atoms with Gasteiger partial charge in [-0.15, -0.1) is 0 Å². The molecule has 22 heavy (non-hydrogen) atoms. The van der Waals surface area contributed by atoms with E-state index in [-0.39, 0.29) is 6.61 Å². The van der Waals surface area contributed by atoms with E-state index in [1.54, 1.807) is 26.1 Å². The van der Waals surface area contributed by atoms with Crippen molar-refractivity contribution < 1.29 is 19.4 Å².